The summed E-state index contributed by atoms with van der Waals surface area (Å²) in [5.74, 6) is 0.835. The number of aromatic nitrogens is 3. The van der Waals surface area contributed by atoms with Crippen molar-refractivity contribution in [2.24, 2.45) is 0 Å². The van der Waals surface area contributed by atoms with E-state index in [1.165, 1.54) is 0 Å². The third-order valence-corrected chi connectivity index (χ3v) is 4.00. The summed E-state index contributed by atoms with van der Waals surface area (Å²) in [6.07, 6.45) is 2.54. The van der Waals surface area contributed by atoms with Crippen molar-refractivity contribution < 1.29 is 5.11 Å². The van der Waals surface area contributed by atoms with E-state index >= 15 is 0 Å². The van der Waals surface area contributed by atoms with Crippen LogP contribution in [0, 0.1) is 0 Å². The molecular formula is C11H14BrN3OS. The van der Waals surface area contributed by atoms with Gasteiger partial charge in [-0.2, -0.15) is 5.10 Å². The quantitative estimate of drug-likeness (QED) is 0.923. The zero-order valence-corrected chi connectivity index (χ0v) is 11.9. The van der Waals surface area contributed by atoms with Crippen LogP contribution in [0.2, 0.25) is 0 Å². The Morgan fingerprint density at radius 2 is 2.41 bits per heavy atom. The summed E-state index contributed by atoms with van der Waals surface area (Å²) in [7, 11) is 0. The summed E-state index contributed by atoms with van der Waals surface area (Å²) in [4.78, 5) is 4.19. The van der Waals surface area contributed by atoms with Crippen LogP contribution in [0.1, 0.15) is 30.8 Å². The molecule has 2 aromatic heterocycles. The van der Waals surface area contributed by atoms with Crippen LogP contribution in [-0.4, -0.2) is 19.9 Å². The van der Waals surface area contributed by atoms with Gasteiger partial charge in [0.1, 0.15) is 12.2 Å². The lowest BCUT2D eigenvalue weighted by molar-refractivity contribution is 0.174. The Kier molecular flexibility index (Phi) is 4.31. The minimum Gasteiger partial charge on any atom is -0.388 e. The molecule has 2 rings (SSSR count). The number of rotatable bonds is 5. The van der Waals surface area contributed by atoms with E-state index in [2.05, 4.69) is 32.9 Å². The molecule has 0 fully saturated rings. The Hall–Kier alpha value is -0.720. The zero-order chi connectivity index (χ0) is 12.3. The van der Waals surface area contributed by atoms with E-state index in [0.29, 0.717) is 6.42 Å². The van der Waals surface area contributed by atoms with Gasteiger partial charge in [0.2, 0.25) is 0 Å². The van der Waals surface area contributed by atoms with Crippen LogP contribution < -0.4 is 0 Å². The molecule has 2 heterocycles. The average molecular weight is 316 g/mol. The van der Waals surface area contributed by atoms with Crippen molar-refractivity contribution in [1.82, 2.24) is 14.8 Å². The number of thiophene rings is 1. The van der Waals surface area contributed by atoms with Crippen LogP contribution in [0.3, 0.4) is 0 Å². The van der Waals surface area contributed by atoms with Gasteiger partial charge in [-0.3, -0.25) is 4.68 Å². The molecule has 0 bridgehead atoms. The highest BCUT2D eigenvalue weighted by Gasteiger charge is 2.14. The molecule has 0 radical (unpaired) electrons. The fraction of sp³-hybridized carbons (Fsp3) is 0.455. The van der Waals surface area contributed by atoms with Gasteiger partial charge < -0.3 is 5.11 Å². The van der Waals surface area contributed by atoms with E-state index in [1.807, 2.05) is 16.1 Å². The van der Waals surface area contributed by atoms with Crippen LogP contribution in [0.25, 0.3) is 0 Å². The Labute approximate surface area is 112 Å². The molecular weight excluding hydrogens is 302 g/mol. The molecule has 0 aliphatic rings. The van der Waals surface area contributed by atoms with Gasteiger partial charge in [0.25, 0.3) is 0 Å². The van der Waals surface area contributed by atoms with Gasteiger partial charge >= 0.3 is 0 Å². The van der Waals surface area contributed by atoms with Crippen molar-refractivity contribution in [3.05, 3.63) is 32.9 Å². The molecule has 0 aromatic carbocycles. The maximum absolute atomic E-state index is 10.1. The van der Waals surface area contributed by atoms with Crippen LogP contribution >= 0.6 is 27.3 Å². The first-order chi connectivity index (χ1) is 8.20. The molecule has 17 heavy (non-hydrogen) atoms. The first kappa shape index (κ1) is 12.7. The van der Waals surface area contributed by atoms with Gasteiger partial charge in [-0.15, -0.1) is 11.3 Å². The minimum atomic E-state index is -0.516. The fourth-order valence-corrected chi connectivity index (χ4v) is 2.86. The summed E-state index contributed by atoms with van der Waals surface area (Å²) in [5, 5.41) is 16.2. The highest BCUT2D eigenvalue weighted by molar-refractivity contribution is 9.11. The van der Waals surface area contributed by atoms with Crippen molar-refractivity contribution in [2.75, 3.05) is 0 Å². The zero-order valence-electron chi connectivity index (χ0n) is 9.51. The smallest absolute Gasteiger partial charge is 0.138 e. The van der Waals surface area contributed by atoms with E-state index in [0.717, 1.165) is 28.1 Å². The SMILES string of the molecule is CCCn1ncnc1CC(O)c1csc(Br)c1. The molecule has 0 saturated carbocycles. The second-order valence-electron chi connectivity index (χ2n) is 3.80. The van der Waals surface area contributed by atoms with Gasteiger partial charge in [-0.25, -0.2) is 4.98 Å². The molecule has 2 aromatic rings. The Bertz CT molecular complexity index is 483. The Morgan fingerprint density at radius 3 is 3.06 bits per heavy atom. The number of hydrogen-bond donors (Lipinski definition) is 1. The maximum atomic E-state index is 10.1. The van der Waals surface area contributed by atoms with Gasteiger partial charge in [0.15, 0.2) is 0 Å². The molecule has 0 saturated heterocycles. The van der Waals surface area contributed by atoms with Crippen LogP contribution in [0.15, 0.2) is 21.6 Å². The molecule has 1 unspecified atom stereocenters. The normalized spacial score (nSPS) is 12.9. The van der Waals surface area contributed by atoms with E-state index in [4.69, 9.17) is 0 Å². The number of halogens is 1. The van der Waals surface area contributed by atoms with Gasteiger partial charge in [-0.05, 0) is 39.4 Å². The second-order valence-corrected chi connectivity index (χ2v) is 6.09. The van der Waals surface area contributed by atoms with Gasteiger partial charge in [0, 0.05) is 13.0 Å². The van der Waals surface area contributed by atoms with Crippen LogP contribution in [0.4, 0.5) is 0 Å². The van der Waals surface area contributed by atoms with Gasteiger partial charge in [0.05, 0.1) is 9.89 Å². The number of aryl methyl sites for hydroxylation is 1. The summed E-state index contributed by atoms with van der Waals surface area (Å²) in [6.45, 7) is 2.94. The van der Waals surface area contributed by atoms with Crippen molar-refractivity contribution in [1.29, 1.82) is 0 Å². The lowest BCUT2D eigenvalue weighted by Gasteiger charge is -2.09. The third kappa shape index (κ3) is 3.14. The molecule has 1 atom stereocenters. The summed E-state index contributed by atoms with van der Waals surface area (Å²) < 4.78 is 2.88. The predicted molar refractivity (Wildman–Crippen MR) is 71.0 cm³/mol. The molecule has 0 aliphatic heterocycles. The lowest BCUT2D eigenvalue weighted by Crippen LogP contribution is -2.09. The molecule has 4 nitrogen and oxygen atoms in total. The summed E-state index contributed by atoms with van der Waals surface area (Å²) >= 11 is 4.97. The number of aliphatic hydroxyl groups excluding tert-OH is 1. The number of nitrogens with zero attached hydrogens (tertiary/aromatic N) is 3. The van der Waals surface area contributed by atoms with Crippen LogP contribution in [-0.2, 0) is 13.0 Å². The minimum absolute atomic E-state index is 0.503. The highest BCUT2D eigenvalue weighted by atomic mass is 79.9. The van der Waals surface area contributed by atoms with E-state index in [9.17, 15) is 5.11 Å². The van der Waals surface area contributed by atoms with E-state index < -0.39 is 6.10 Å². The van der Waals surface area contributed by atoms with Crippen molar-refractivity contribution >= 4 is 27.3 Å². The fourth-order valence-electron chi connectivity index (χ4n) is 1.63. The first-order valence-corrected chi connectivity index (χ1v) is 7.16. The predicted octanol–water partition coefficient (Wildman–Crippen LogP) is 2.79. The largest absolute Gasteiger partial charge is 0.388 e. The Balaban J connectivity index is 2.07. The topological polar surface area (TPSA) is 50.9 Å². The lowest BCUT2D eigenvalue weighted by atomic mass is 10.1. The van der Waals surface area contributed by atoms with E-state index in [1.54, 1.807) is 17.7 Å². The van der Waals surface area contributed by atoms with Crippen molar-refractivity contribution in [3.63, 3.8) is 0 Å². The van der Waals surface area contributed by atoms with Gasteiger partial charge in [-0.1, -0.05) is 6.92 Å². The number of aliphatic hydroxyl groups is 1. The summed E-state index contributed by atoms with van der Waals surface area (Å²) in [5.41, 5.74) is 0.924. The van der Waals surface area contributed by atoms with E-state index in [-0.39, 0.29) is 0 Å². The first-order valence-electron chi connectivity index (χ1n) is 5.49. The van der Waals surface area contributed by atoms with Crippen molar-refractivity contribution in [3.8, 4) is 0 Å². The highest BCUT2D eigenvalue weighted by Crippen LogP contribution is 2.26. The second kappa shape index (κ2) is 5.75. The van der Waals surface area contributed by atoms with Crippen LogP contribution in [0.5, 0.6) is 0 Å². The summed E-state index contributed by atoms with van der Waals surface area (Å²) in [6, 6.07) is 1.94. The monoisotopic (exact) mass is 315 g/mol. The molecule has 0 aliphatic carbocycles. The molecule has 6 heteroatoms. The number of hydrogen-bond acceptors (Lipinski definition) is 4. The molecule has 1 N–H and O–H groups in total. The maximum Gasteiger partial charge on any atom is 0.138 e. The van der Waals surface area contributed by atoms with Crippen molar-refractivity contribution in [2.45, 2.75) is 32.4 Å². The third-order valence-electron chi connectivity index (χ3n) is 2.48. The standard InChI is InChI=1S/C11H14BrN3OS/c1-2-3-15-11(13-7-14-15)5-9(16)8-4-10(12)17-6-8/h4,6-7,9,16H,2-3,5H2,1H3. The Morgan fingerprint density at radius 1 is 1.59 bits per heavy atom. The molecule has 0 spiro atoms. The molecule has 0 amide bonds. The average Bonchev–Trinajstić information content (AvgIpc) is 2.89. The molecule has 92 valence electrons.